The van der Waals surface area contributed by atoms with Gasteiger partial charge in [-0.15, -0.1) is 22.8 Å². The second-order valence-electron chi connectivity index (χ2n) is 3.37. The largest absolute Gasteiger partial charge is 0.122 e. The molecule has 1 saturated heterocycles. The van der Waals surface area contributed by atoms with E-state index in [1.807, 2.05) is 44.8 Å². The van der Waals surface area contributed by atoms with Crippen LogP contribution in [0.15, 0.2) is 0 Å². The van der Waals surface area contributed by atoms with E-state index >= 15 is 0 Å². The van der Waals surface area contributed by atoms with E-state index in [1.54, 1.807) is 0 Å². The molecule has 1 rings (SSSR count). The summed E-state index contributed by atoms with van der Waals surface area (Å²) in [5, 5.41) is 1.29. The Morgan fingerprint density at radius 1 is 0.857 bits per heavy atom. The lowest BCUT2D eigenvalue weighted by atomic mass is 10.6. The van der Waals surface area contributed by atoms with Gasteiger partial charge < -0.3 is 0 Å². The molecule has 0 spiro atoms. The van der Waals surface area contributed by atoms with Crippen molar-refractivity contribution in [1.29, 1.82) is 0 Å². The van der Waals surface area contributed by atoms with E-state index in [1.165, 1.54) is 0 Å². The molecule has 0 aromatic carbocycles. The minimum absolute atomic E-state index is 0.647. The van der Waals surface area contributed by atoms with Crippen LogP contribution >= 0.6 is 52.1 Å². The molecular formula is C6H14P2S6. The molecule has 14 heavy (non-hydrogen) atoms. The van der Waals surface area contributed by atoms with Gasteiger partial charge in [-0.3, -0.25) is 0 Å². The normalized spacial score (nSPS) is 37.6. The van der Waals surface area contributed by atoms with Crippen LogP contribution in [0.5, 0.6) is 0 Å². The van der Waals surface area contributed by atoms with Crippen molar-refractivity contribution in [2.45, 2.75) is 38.2 Å². The van der Waals surface area contributed by atoms with Crippen LogP contribution in [-0.2, 0) is 23.6 Å². The van der Waals surface area contributed by atoms with E-state index in [-0.39, 0.29) is 0 Å². The van der Waals surface area contributed by atoms with Gasteiger partial charge in [-0.1, -0.05) is 51.3 Å². The molecule has 1 fully saturated rings. The first-order valence-electron chi connectivity index (χ1n) is 4.24. The van der Waals surface area contributed by atoms with Crippen LogP contribution in [-0.4, -0.2) is 10.5 Å². The van der Waals surface area contributed by atoms with E-state index in [0.717, 1.165) is 0 Å². The molecule has 1 aliphatic rings. The Kier molecular flexibility index (Phi) is 5.86. The van der Waals surface area contributed by atoms with Crippen LogP contribution in [0.1, 0.15) is 27.7 Å². The summed E-state index contributed by atoms with van der Waals surface area (Å²) in [6.45, 7) is 8.88. The molecule has 84 valence electrons. The van der Waals surface area contributed by atoms with Gasteiger partial charge in [0, 0.05) is 10.5 Å². The monoisotopic (exact) mass is 340 g/mol. The van der Waals surface area contributed by atoms with Crippen LogP contribution in [0, 0.1) is 0 Å². The smallest absolute Gasteiger partial charge is 0.101 e. The lowest BCUT2D eigenvalue weighted by molar-refractivity contribution is 1.12. The van der Waals surface area contributed by atoms with Gasteiger partial charge in [0.05, 0.1) is 0 Å². The lowest BCUT2D eigenvalue weighted by Crippen LogP contribution is -1.89. The Morgan fingerprint density at radius 2 is 1.14 bits per heavy atom. The number of hydrogen-bond acceptors (Lipinski definition) is 6. The Labute approximate surface area is 113 Å². The van der Waals surface area contributed by atoms with Crippen molar-refractivity contribution in [3.05, 3.63) is 0 Å². The minimum Gasteiger partial charge on any atom is -0.101 e. The molecule has 0 atom stereocenters. The van der Waals surface area contributed by atoms with Gasteiger partial charge in [-0.25, -0.2) is 0 Å². The standard InChI is InChI=1S/C6H14P2S6/c1-5(2)11-7(9)13-8(10,14-7)12-6(3)4/h5-6H,1-4H3. The SMILES string of the molecule is CC(C)SP1(=S)SP(=S)(SC(C)C)S1. The fourth-order valence-electron chi connectivity index (χ4n) is 0.844. The Hall–Kier alpha value is 2.70. The van der Waals surface area contributed by atoms with Crippen LogP contribution in [0.2, 0.25) is 0 Å². The summed E-state index contributed by atoms with van der Waals surface area (Å²) in [5.41, 5.74) is 0. The summed E-state index contributed by atoms with van der Waals surface area (Å²) in [6, 6.07) is 0. The third-order valence-corrected chi connectivity index (χ3v) is 43.2. The second-order valence-corrected chi connectivity index (χ2v) is 34.4. The van der Waals surface area contributed by atoms with Crippen molar-refractivity contribution >= 4 is 75.7 Å². The molecule has 1 aliphatic heterocycles. The van der Waals surface area contributed by atoms with Crippen LogP contribution < -0.4 is 0 Å². The summed E-state index contributed by atoms with van der Waals surface area (Å²) in [7, 11) is 0. The van der Waals surface area contributed by atoms with Crippen molar-refractivity contribution in [2.24, 2.45) is 0 Å². The third-order valence-electron chi connectivity index (χ3n) is 1.08. The maximum Gasteiger partial charge on any atom is 0.122 e. The molecule has 0 aliphatic carbocycles. The van der Waals surface area contributed by atoms with Crippen molar-refractivity contribution in [2.75, 3.05) is 0 Å². The zero-order valence-corrected chi connectivity index (χ0v) is 15.2. The van der Waals surface area contributed by atoms with Gasteiger partial charge in [0.15, 0.2) is 0 Å². The average Bonchev–Trinajstić information content (AvgIpc) is 1.76. The highest BCUT2D eigenvalue weighted by Crippen LogP contribution is 3.12. The zero-order chi connectivity index (χ0) is 11.0. The van der Waals surface area contributed by atoms with Gasteiger partial charge in [0.25, 0.3) is 0 Å². The Morgan fingerprint density at radius 3 is 1.36 bits per heavy atom. The Bertz CT molecular complexity index is 257. The van der Waals surface area contributed by atoms with Crippen molar-refractivity contribution < 1.29 is 0 Å². The van der Waals surface area contributed by atoms with Gasteiger partial charge in [0.2, 0.25) is 0 Å². The van der Waals surface area contributed by atoms with Gasteiger partial charge in [0.1, 0.15) is 7.29 Å². The third kappa shape index (κ3) is 4.52. The number of hydrogen-bond donors (Lipinski definition) is 0. The average molecular weight is 341 g/mol. The summed E-state index contributed by atoms with van der Waals surface area (Å²) in [4.78, 5) is 0. The molecule has 0 nitrogen and oxygen atoms in total. The van der Waals surface area contributed by atoms with Gasteiger partial charge in [-0.05, 0) is 22.0 Å². The molecule has 0 aromatic rings. The topological polar surface area (TPSA) is 0 Å². The fourth-order valence-corrected chi connectivity index (χ4v) is 75.8. The highest BCUT2D eigenvalue weighted by atomic mass is 33.9. The first-order valence-corrected chi connectivity index (χ1v) is 16.9. The van der Waals surface area contributed by atoms with Crippen molar-refractivity contribution in [3.63, 3.8) is 0 Å². The van der Waals surface area contributed by atoms with Crippen LogP contribution in [0.4, 0.5) is 0 Å². The van der Waals surface area contributed by atoms with Crippen molar-refractivity contribution in [3.8, 4) is 0 Å². The van der Waals surface area contributed by atoms with Crippen molar-refractivity contribution in [1.82, 2.24) is 0 Å². The van der Waals surface area contributed by atoms with E-state index < -0.39 is 7.29 Å². The maximum absolute atomic E-state index is 5.66. The fraction of sp³-hybridized carbons (Fsp3) is 1.00. The lowest BCUT2D eigenvalue weighted by Gasteiger charge is -2.40. The quantitative estimate of drug-likeness (QED) is 0.555. The molecule has 0 unspecified atom stereocenters. The maximum atomic E-state index is 5.66. The molecule has 0 saturated carbocycles. The molecule has 0 amide bonds. The first kappa shape index (κ1) is 14.8. The first-order chi connectivity index (χ1) is 6.25. The van der Waals surface area contributed by atoms with Crippen LogP contribution in [0.25, 0.3) is 0 Å². The summed E-state index contributed by atoms with van der Waals surface area (Å²) < 4.78 is -2.44. The molecule has 0 N–H and O–H groups in total. The van der Waals surface area contributed by atoms with E-state index in [4.69, 9.17) is 23.6 Å². The predicted molar refractivity (Wildman–Crippen MR) is 89.2 cm³/mol. The van der Waals surface area contributed by atoms with E-state index in [0.29, 0.717) is 10.5 Å². The highest BCUT2D eigenvalue weighted by molar-refractivity contribution is 9.63. The molecule has 8 heteroatoms. The Balaban J connectivity index is 2.49. The molecule has 0 radical (unpaired) electrons. The summed E-state index contributed by atoms with van der Waals surface area (Å²) in [6.07, 6.45) is 0. The second kappa shape index (κ2) is 5.56. The molecule has 1 heterocycles. The molecular weight excluding hydrogens is 326 g/mol. The molecule has 0 bridgehead atoms. The number of rotatable bonds is 4. The van der Waals surface area contributed by atoms with Gasteiger partial charge >= 0.3 is 0 Å². The van der Waals surface area contributed by atoms with E-state index in [2.05, 4.69) is 27.7 Å². The molecule has 0 aromatic heterocycles. The summed E-state index contributed by atoms with van der Waals surface area (Å²) in [5.74, 6) is 0. The minimum atomic E-state index is -1.22. The highest BCUT2D eigenvalue weighted by Gasteiger charge is 2.45. The zero-order valence-electron chi connectivity index (χ0n) is 8.50. The predicted octanol–water partition coefficient (Wildman–Crippen LogP) is 6.20. The van der Waals surface area contributed by atoms with Gasteiger partial charge in [-0.2, -0.15) is 0 Å². The van der Waals surface area contributed by atoms with E-state index in [9.17, 15) is 0 Å². The van der Waals surface area contributed by atoms with Crippen LogP contribution in [0.3, 0.4) is 0 Å². The summed E-state index contributed by atoms with van der Waals surface area (Å²) >= 11 is 19.2.